The van der Waals surface area contributed by atoms with Crippen LogP contribution in [0.1, 0.15) is 16.2 Å². The Labute approximate surface area is 123 Å². The number of benzene rings is 1. The number of hydrogen-bond acceptors (Lipinski definition) is 2. The van der Waals surface area contributed by atoms with Gasteiger partial charge in [0.2, 0.25) is 0 Å². The first-order valence-corrected chi connectivity index (χ1v) is 6.97. The van der Waals surface area contributed by atoms with Crippen molar-refractivity contribution in [3.8, 4) is 0 Å². The van der Waals surface area contributed by atoms with Crippen LogP contribution >= 0.6 is 22.6 Å². The predicted octanol–water partition coefficient (Wildman–Crippen LogP) is 2.28. The Morgan fingerprint density at radius 1 is 1.37 bits per heavy atom. The first kappa shape index (κ1) is 12.6. The molecular weight excluding hydrogens is 360 g/mol. The molecule has 2 heterocycles. The van der Waals surface area contributed by atoms with Crippen molar-refractivity contribution < 1.29 is 9.18 Å². The molecule has 0 radical (unpaired) electrons. The number of rotatable bonds is 1. The van der Waals surface area contributed by atoms with Gasteiger partial charge in [0, 0.05) is 29.1 Å². The third-order valence-electron chi connectivity index (χ3n) is 3.19. The zero-order chi connectivity index (χ0) is 13.4. The number of aromatic nitrogens is 2. The van der Waals surface area contributed by atoms with Gasteiger partial charge in [0.1, 0.15) is 11.6 Å². The fraction of sp³-hybridized carbons (Fsp3) is 0.231. The minimum Gasteiger partial charge on any atom is -0.332 e. The van der Waals surface area contributed by atoms with E-state index in [-0.39, 0.29) is 11.7 Å². The summed E-state index contributed by atoms with van der Waals surface area (Å²) in [4.78, 5) is 18.4. The summed E-state index contributed by atoms with van der Waals surface area (Å²) in [5, 5.41) is 0. The molecule has 0 N–H and O–H groups in total. The van der Waals surface area contributed by atoms with E-state index in [1.807, 2.05) is 33.4 Å². The van der Waals surface area contributed by atoms with Crippen molar-refractivity contribution >= 4 is 28.5 Å². The number of fused-ring (bicyclic) bond motifs is 1. The van der Waals surface area contributed by atoms with Crippen LogP contribution in [0.4, 0.5) is 4.39 Å². The minimum absolute atomic E-state index is 0.0707. The zero-order valence-corrected chi connectivity index (χ0v) is 12.2. The van der Waals surface area contributed by atoms with Crippen LogP contribution < -0.4 is 0 Å². The fourth-order valence-electron chi connectivity index (χ4n) is 2.18. The molecule has 6 heteroatoms. The highest BCUT2D eigenvalue weighted by atomic mass is 127. The van der Waals surface area contributed by atoms with Crippen molar-refractivity contribution in [2.45, 2.75) is 13.1 Å². The number of carbonyl (C=O) groups excluding carboxylic acids is 1. The number of carbonyl (C=O) groups is 1. The highest BCUT2D eigenvalue weighted by Crippen LogP contribution is 2.19. The van der Waals surface area contributed by atoms with E-state index in [1.54, 1.807) is 17.2 Å². The van der Waals surface area contributed by atoms with Crippen molar-refractivity contribution in [2.24, 2.45) is 0 Å². The van der Waals surface area contributed by atoms with Crippen molar-refractivity contribution in [3.63, 3.8) is 0 Å². The topological polar surface area (TPSA) is 38.1 Å². The second kappa shape index (κ2) is 4.92. The molecule has 0 saturated carbocycles. The summed E-state index contributed by atoms with van der Waals surface area (Å²) >= 11 is 1.99. The normalized spacial score (nSPS) is 14.3. The summed E-state index contributed by atoms with van der Waals surface area (Å²) in [5.41, 5.74) is 0.544. The lowest BCUT2D eigenvalue weighted by Crippen LogP contribution is -2.38. The summed E-state index contributed by atoms with van der Waals surface area (Å²) < 4.78 is 15.7. The largest absolute Gasteiger partial charge is 0.332 e. The molecule has 19 heavy (non-hydrogen) atoms. The summed E-state index contributed by atoms with van der Waals surface area (Å²) in [6.07, 6.45) is 3.66. The van der Waals surface area contributed by atoms with Crippen LogP contribution in [-0.2, 0) is 13.1 Å². The van der Waals surface area contributed by atoms with E-state index in [4.69, 9.17) is 0 Å². The van der Waals surface area contributed by atoms with Gasteiger partial charge in [-0.1, -0.05) is 0 Å². The molecule has 1 aromatic carbocycles. The smallest absolute Gasteiger partial charge is 0.255 e. The van der Waals surface area contributed by atoms with Gasteiger partial charge in [0.05, 0.1) is 12.1 Å². The molecule has 2 aromatic rings. The zero-order valence-electron chi connectivity index (χ0n) is 10.0. The molecule has 0 spiro atoms. The highest BCUT2D eigenvalue weighted by Gasteiger charge is 2.23. The van der Waals surface area contributed by atoms with Gasteiger partial charge in [-0.15, -0.1) is 0 Å². The maximum atomic E-state index is 13.1. The second-order valence-corrected chi connectivity index (χ2v) is 5.55. The van der Waals surface area contributed by atoms with E-state index < -0.39 is 0 Å². The van der Waals surface area contributed by atoms with Gasteiger partial charge in [0.15, 0.2) is 0 Å². The van der Waals surface area contributed by atoms with Crippen LogP contribution in [0.15, 0.2) is 30.6 Å². The highest BCUT2D eigenvalue weighted by molar-refractivity contribution is 14.1. The Kier molecular flexibility index (Phi) is 3.26. The molecule has 1 aromatic heterocycles. The Morgan fingerprint density at radius 2 is 2.21 bits per heavy atom. The quantitative estimate of drug-likeness (QED) is 0.722. The number of imidazole rings is 1. The van der Waals surface area contributed by atoms with Crippen molar-refractivity contribution in [2.75, 3.05) is 6.54 Å². The SMILES string of the molecule is O=C(c1ccc(F)cc1I)N1CCn2ccnc2C1. The molecule has 0 unspecified atom stereocenters. The molecule has 1 aliphatic rings. The molecule has 4 nitrogen and oxygen atoms in total. The van der Waals surface area contributed by atoms with Crippen LogP contribution in [0.3, 0.4) is 0 Å². The van der Waals surface area contributed by atoms with E-state index in [1.165, 1.54) is 12.1 Å². The molecule has 1 aliphatic heterocycles. The van der Waals surface area contributed by atoms with Gasteiger partial charge in [0.25, 0.3) is 5.91 Å². The molecule has 98 valence electrons. The third kappa shape index (κ3) is 2.36. The van der Waals surface area contributed by atoms with Gasteiger partial charge < -0.3 is 9.47 Å². The Bertz CT molecular complexity index is 641. The first-order chi connectivity index (χ1) is 9.15. The van der Waals surface area contributed by atoms with E-state index in [0.717, 1.165) is 12.4 Å². The molecule has 0 atom stereocenters. The lowest BCUT2D eigenvalue weighted by atomic mass is 10.2. The van der Waals surface area contributed by atoms with Gasteiger partial charge >= 0.3 is 0 Å². The van der Waals surface area contributed by atoms with Gasteiger partial charge in [-0.3, -0.25) is 4.79 Å². The monoisotopic (exact) mass is 371 g/mol. The average molecular weight is 371 g/mol. The van der Waals surface area contributed by atoms with Crippen molar-refractivity contribution in [1.82, 2.24) is 14.5 Å². The number of nitrogens with zero attached hydrogens (tertiary/aromatic N) is 3. The standard InChI is InChI=1S/C13H11FIN3O/c14-9-1-2-10(11(15)7-9)13(19)18-6-5-17-4-3-16-12(17)8-18/h1-4,7H,5-6,8H2. The molecule has 0 bridgehead atoms. The van der Waals surface area contributed by atoms with Gasteiger partial charge in [-0.05, 0) is 40.8 Å². The fourth-order valence-corrected chi connectivity index (χ4v) is 2.89. The molecule has 3 rings (SSSR count). The van der Waals surface area contributed by atoms with Crippen LogP contribution in [0.2, 0.25) is 0 Å². The van der Waals surface area contributed by atoms with E-state index in [9.17, 15) is 9.18 Å². The van der Waals surface area contributed by atoms with Crippen LogP contribution in [0.5, 0.6) is 0 Å². The van der Waals surface area contributed by atoms with Gasteiger partial charge in [-0.2, -0.15) is 0 Å². The predicted molar refractivity (Wildman–Crippen MR) is 76.1 cm³/mol. The molecular formula is C13H11FIN3O. The lowest BCUT2D eigenvalue weighted by molar-refractivity contribution is 0.0706. The molecule has 0 saturated heterocycles. The first-order valence-electron chi connectivity index (χ1n) is 5.89. The van der Waals surface area contributed by atoms with Crippen molar-refractivity contribution in [1.29, 1.82) is 0 Å². The Morgan fingerprint density at radius 3 is 3.00 bits per heavy atom. The number of amides is 1. The summed E-state index contributed by atoms with van der Waals surface area (Å²) in [5.74, 6) is 0.491. The maximum Gasteiger partial charge on any atom is 0.255 e. The molecule has 0 aliphatic carbocycles. The maximum absolute atomic E-state index is 13.1. The Balaban J connectivity index is 1.85. The van der Waals surface area contributed by atoms with E-state index >= 15 is 0 Å². The molecule has 0 fully saturated rings. The van der Waals surface area contributed by atoms with E-state index in [0.29, 0.717) is 22.2 Å². The summed E-state index contributed by atoms with van der Waals surface area (Å²) in [6.45, 7) is 1.90. The van der Waals surface area contributed by atoms with Crippen molar-refractivity contribution in [3.05, 3.63) is 51.4 Å². The third-order valence-corrected chi connectivity index (χ3v) is 4.09. The Hall–Kier alpha value is -1.44. The number of halogens is 2. The van der Waals surface area contributed by atoms with Crippen LogP contribution in [0, 0.1) is 9.39 Å². The summed E-state index contributed by atoms with van der Waals surface area (Å²) in [7, 11) is 0. The summed E-state index contributed by atoms with van der Waals surface area (Å²) in [6, 6.07) is 4.24. The van der Waals surface area contributed by atoms with Crippen LogP contribution in [0.25, 0.3) is 0 Å². The van der Waals surface area contributed by atoms with E-state index in [2.05, 4.69) is 4.98 Å². The minimum atomic E-state index is -0.324. The van der Waals surface area contributed by atoms with Crippen LogP contribution in [-0.4, -0.2) is 26.9 Å². The number of hydrogen-bond donors (Lipinski definition) is 0. The molecule has 1 amide bonds. The second-order valence-electron chi connectivity index (χ2n) is 4.39. The average Bonchev–Trinajstić information content (AvgIpc) is 2.85. The van der Waals surface area contributed by atoms with Gasteiger partial charge in [-0.25, -0.2) is 9.37 Å². The lowest BCUT2D eigenvalue weighted by Gasteiger charge is -2.28.